The Morgan fingerprint density at radius 2 is 1.82 bits per heavy atom. The molecule has 0 unspecified atom stereocenters. The fourth-order valence-corrected chi connectivity index (χ4v) is 4.29. The van der Waals surface area contributed by atoms with Crippen molar-refractivity contribution in [3.8, 4) is 16.9 Å². The number of hydrogen-bond donors (Lipinski definition) is 0. The van der Waals surface area contributed by atoms with Crippen LogP contribution in [0.15, 0.2) is 30.3 Å². The quantitative estimate of drug-likeness (QED) is 0.619. The predicted molar refractivity (Wildman–Crippen MR) is 128 cm³/mol. The predicted octanol–water partition coefficient (Wildman–Crippen LogP) is 4.37. The van der Waals surface area contributed by atoms with Crippen molar-refractivity contribution in [3.05, 3.63) is 47.0 Å². The molecule has 1 saturated heterocycles. The van der Waals surface area contributed by atoms with Gasteiger partial charge < -0.3 is 23.8 Å². The van der Waals surface area contributed by atoms with Crippen LogP contribution < -0.4 is 9.64 Å². The van der Waals surface area contributed by atoms with Crippen LogP contribution in [0, 0.1) is 6.92 Å². The summed E-state index contributed by atoms with van der Waals surface area (Å²) in [7, 11) is 1.40. The fraction of sp³-hybridized carbons (Fsp3) is 0.462. The van der Waals surface area contributed by atoms with E-state index in [1.165, 1.54) is 7.11 Å². The van der Waals surface area contributed by atoms with Gasteiger partial charge in [0.25, 0.3) is 0 Å². The average molecular weight is 469 g/mol. The number of amides is 1. The molecule has 0 N–H and O–H groups in total. The second kappa shape index (κ2) is 9.54. The molecule has 1 amide bonds. The van der Waals surface area contributed by atoms with E-state index in [-0.39, 0.29) is 12.7 Å². The van der Waals surface area contributed by atoms with Crippen LogP contribution in [0.4, 0.5) is 10.5 Å². The Morgan fingerprint density at radius 1 is 1.09 bits per heavy atom. The molecule has 34 heavy (non-hydrogen) atoms. The Balaban J connectivity index is 1.71. The number of hydrogen-bond acceptors (Lipinski definition) is 7. The van der Waals surface area contributed by atoms with Crippen LogP contribution in [0.2, 0.25) is 0 Å². The zero-order valence-corrected chi connectivity index (χ0v) is 20.5. The highest BCUT2D eigenvalue weighted by molar-refractivity contribution is 5.99. The molecule has 182 valence electrons. The monoisotopic (exact) mass is 468 g/mol. The number of methoxy groups -OCH3 is 1. The number of esters is 1. The van der Waals surface area contributed by atoms with E-state index >= 15 is 0 Å². The van der Waals surface area contributed by atoms with Crippen molar-refractivity contribution in [2.24, 2.45) is 0 Å². The SMILES string of the molecule is COC(=O)c1c(C)cc(-c2cccc3c2OCN(C(=O)OC(C)(C)C)C3)cc1N1CCOCC1. The summed E-state index contributed by atoms with van der Waals surface area (Å²) in [5.41, 5.74) is 4.40. The lowest BCUT2D eigenvalue weighted by Crippen LogP contribution is -2.40. The summed E-state index contributed by atoms with van der Waals surface area (Å²) in [6, 6.07) is 9.90. The molecule has 2 aromatic carbocycles. The maximum Gasteiger partial charge on any atom is 0.413 e. The summed E-state index contributed by atoms with van der Waals surface area (Å²) in [5, 5.41) is 0. The van der Waals surface area contributed by atoms with Gasteiger partial charge in [0.1, 0.15) is 11.4 Å². The molecule has 0 aliphatic carbocycles. The Hall–Kier alpha value is -3.26. The van der Waals surface area contributed by atoms with E-state index in [0.29, 0.717) is 38.4 Å². The lowest BCUT2D eigenvalue weighted by molar-refractivity contribution is 0.00248. The van der Waals surface area contributed by atoms with E-state index in [1.807, 2.05) is 58.0 Å². The minimum Gasteiger partial charge on any atom is -0.472 e. The third-order valence-corrected chi connectivity index (χ3v) is 5.84. The zero-order chi connectivity index (χ0) is 24.5. The summed E-state index contributed by atoms with van der Waals surface area (Å²) in [6.07, 6.45) is -0.406. The van der Waals surface area contributed by atoms with Crippen molar-refractivity contribution in [1.82, 2.24) is 4.90 Å². The molecule has 8 heteroatoms. The summed E-state index contributed by atoms with van der Waals surface area (Å²) < 4.78 is 22.2. The van der Waals surface area contributed by atoms with Crippen molar-refractivity contribution in [3.63, 3.8) is 0 Å². The van der Waals surface area contributed by atoms with E-state index in [4.69, 9.17) is 18.9 Å². The maximum absolute atomic E-state index is 12.6. The van der Waals surface area contributed by atoms with Gasteiger partial charge in [-0.1, -0.05) is 24.3 Å². The second-order valence-electron chi connectivity index (χ2n) is 9.52. The Labute approximate surface area is 200 Å². The molecule has 2 aromatic rings. The first-order valence-corrected chi connectivity index (χ1v) is 11.5. The van der Waals surface area contributed by atoms with Gasteiger partial charge in [0.2, 0.25) is 0 Å². The Morgan fingerprint density at radius 3 is 2.50 bits per heavy atom. The highest BCUT2D eigenvalue weighted by Gasteiger charge is 2.29. The lowest BCUT2D eigenvalue weighted by Gasteiger charge is -2.33. The number of ether oxygens (including phenoxy) is 4. The standard InChI is InChI=1S/C26H32N2O6/c1-17-13-19(14-21(22(17)24(29)31-5)27-9-11-32-12-10-27)20-8-6-7-18-15-28(16-33-23(18)20)25(30)34-26(2,3)4/h6-8,13-14H,9-12,15-16H2,1-5H3. The van der Waals surface area contributed by atoms with Crippen LogP contribution in [-0.2, 0) is 20.8 Å². The minimum absolute atomic E-state index is 0.106. The Bertz CT molecular complexity index is 1090. The first kappa shape index (κ1) is 23.9. The number of morpholine rings is 1. The Kier molecular flexibility index (Phi) is 6.70. The summed E-state index contributed by atoms with van der Waals surface area (Å²) >= 11 is 0. The largest absolute Gasteiger partial charge is 0.472 e. The van der Waals surface area contributed by atoms with Gasteiger partial charge in [-0.2, -0.15) is 0 Å². The number of carbonyl (C=O) groups excluding carboxylic acids is 2. The van der Waals surface area contributed by atoms with Gasteiger partial charge in [0.15, 0.2) is 6.73 Å². The van der Waals surface area contributed by atoms with Crippen molar-refractivity contribution < 1.29 is 28.5 Å². The van der Waals surface area contributed by atoms with E-state index in [0.717, 1.165) is 33.7 Å². The minimum atomic E-state index is -0.575. The highest BCUT2D eigenvalue weighted by Crippen LogP contribution is 2.40. The molecule has 0 bridgehead atoms. The van der Waals surface area contributed by atoms with Gasteiger partial charge in [-0.3, -0.25) is 4.90 Å². The van der Waals surface area contributed by atoms with E-state index in [9.17, 15) is 9.59 Å². The van der Waals surface area contributed by atoms with Crippen molar-refractivity contribution in [2.45, 2.75) is 39.8 Å². The maximum atomic E-state index is 12.6. The molecule has 2 heterocycles. The zero-order valence-electron chi connectivity index (χ0n) is 20.5. The smallest absolute Gasteiger partial charge is 0.413 e. The number of rotatable bonds is 3. The van der Waals surface area contributed by atoms with Crippen LogP contribution in [0.25, 0.3) is 11.1 Å². The molecule has 4 rings (SSSR count). The van der Waals surface area contributed by atoms with Crippen LogP contribution in [-0.4, -0.2) is 62.7 Å². The summed E-state index contributed by atoms with van der Waals surface area (Å²) in [4.78, 5) is 28.9. The number of carbonyl (C=O) groups is 2. The van der Waals surface area contributed by atoms with E-state index < -0.39 is 11.7 Å². The molecule has 0 spiro atoms. The molecular weight excluding hydrogens is 436 g/mol. The van der Waals surface area contributed by atoms with Crippen molar-refractivity contribution >= 4 is 17.7 Å². The number of benzene rings is 2. The van der Waals surface area contributed by atoms with Gasteiger partial charge in [-0.25, -0.2) is 9.59 Å². The average Bonchev–Trinajstić information content (AvgIpc) is 2.81. The van der Waals surface area contributed by atoms with Crippen LogP contribution in [0.3, 0.4) is 0 Å². The van der Waals surface area contributed by atoms with Gasteiger partial charge in [0.05, 0.1) is 38.1 Å². The number of nitrogens with zero attached hydrogens (tertiary/aromatic N) is 2. The van der Waals surface area contributed by atoms with Crippen molar-refractivity contribution in [2.75, 3.05) is 45.0 Å². The third-order valence-electron chi connectivity index (χ3n) is 5.84. The molecule has 1 fully saturated rings. The van der Waals surface area contributed by atoms with E-state index in [1.54, 1.807) is 4.90 Å². The summed E-state index contributed by atoms with van der Waals surface area (Å²) in [6.45, 7) is 10.5. The second-order valence-corrected chi connectivity index (χ2v) is 9.52. The molecular formula is C26H32N2O6. The molecule has 8 nitrogen and oxygen atoms in total. The molecule has 0 radical (unpaired) electrons. The number of anilines is 1. The molecule has 0 atom stereocenters. The summed E-state index contributed by atoms with van der Waals surface area (Å²) in [5.74, 6) is 0.380. The van der Waals surface area contributed by atoms with Crippen LogP contribution >= 0.6 is 0 Å². The lowest BCUT2D eigenvalue weighted by atomic mass is 9.95. The fourth-order valence-electron chi connectivity index (χ4n) is 4.29. The molecule has 0 aromatic heterocycles. The van der Waals surface area contributed by atoms with Gasteiger partial charge >= 0.3 is 12.1 Å². The van der Waals surface area contributed by atoms with Gasteiger partial charge in [-0.05, 0) is 44.9 Å². The first-order chi connectivity index (χ1) is 16.2. The molecule has 2 aliphatic rings. The molecule has 0 saturated carbocycles. The van der Waals surface area contributed by atoms with Gasteiger partial charge in [-0.15, -0.1) is 0 Å². The number of fused-ring (bicyclic) bond motifs is 1. The first-order valence-electron chi connectivity index (χ1n) is 11.5. The van der Waals surface area contributed by atoms with Crippen LogP contribution in [0.1, 0.15) is 42.3 Å². The van der Waals surface area contributed by atoms with Gasteiger partial charge in [0, 0.05) is 24.2 Å². The van der Waals surface area contributed by atoms with E-state index in [2.05, 4.69) is 4.90 Å². The molecule has 2 aliphatic heterocycles. The topological polar surface area (TPSA) is 77.5 Å². The number of para-hydroxylation sites is 1. The highest BCUT2D eigenvalue weighted by atomic mass is 16.6. The number of aryl methyl sites for hydroxylation is 1. The normalized spacial score (nSPS) is 15.9. The van der Waals surface area contributed by atoms with Crippen molar-refractivity contribution in [1.29, 1.82) is 0 Å². The third kappa shape index (κ3) is 4.97. The van der Waals surface area contributed by atoms with Crippen LogP contribution in [0.5, 0.6) is 5.75 Å².